The Hall–Kier alpha value is -0.740. The summed E-state index contributed by atoms with van der Waals surface area (Å²) in [5, 5.41) is 9.65. The summed E-state index contributed by atoms with van der Waals surface area (Å²) < 4.78 is 5.98. The van der Waals surface area contributed by atoms with Gasteiger partial charge < -0.3 is 15.6 Å². The van der Waals surface area contributed by atoms with Gasteiger partial charge in [-0.15, -0.1) is 0 Å². The van der Waals surface area contributed by atoms with E-state index in [1.165, 1.54) is 0 Å². The van der Waals surface area contributed by atoms with Gasteiger partial charge in [-0.3, -0.25) is 0 Å². The van der Waals surface area contributed by atoms with Crippen molar-refractivity contribution in [3.05, 3.63) is 22.2 Å². The Morgan fingerprint density at radius 1 is 1.38 bits per heavy atom. The van der Waals surface area contributed by atoms with Gasteiger partial charge >= 0.3 is 0 Å². The Bertz CT molecular complexity index is 400. The first kappa shape index (κ1) is 11.7. The van der Waals surface area contributed by atoms with Gasteiger partial charge in [0.25, 0.3) is 0 Å². The average molecular weight is 286 g/mol. The maximum absolute atomic E-state index is 9.65. The van der Waals surface area contributed by atoms with Crippen LogP contribution in [0.5, 0.6) is 11.5 Å². The predicted octanol–water partition coefficient (Wildman–Crippen LogP) is 2.89. The Labute approximate surface area is 104 Å². The van der Waals surface area contributed by atoms with Crippen LogP contribution in [0.1, 0.15) is 31.2 Å². The molecular weight excluding hydrogens is 270 g/mol. The number of methoxy groups -OCH3 is 1. The SMILES string of the molecule is COc1cc(C2(N)CCCC2)c(Br)cc1O. The van der Waals surface area contributed by atoms with Gasteiger partial charge in [-0.2, -0.15) is 0 Å². The lowest BCUT2D eigenvalue weighted by molar-refractivity contribution is 0.369. The van der Waals surface area contributed by atoms with Gasteiger partial charge in [0, 0.05) is 10.0 Å². The molecule has 0 heterocycles. The monoisotopic (exact) mass is 285 g/mol. The first-order valence-electron chi connectivity index (χ1n) is 5.43. The summed E-state index contributed by atoms with van der Waals surface area (Å²) >= 11 is 3.46. The van der Waals surface area contributed by atoms with Crippen molar-refractivity contribution in [2.24, 2.45) is 5.73 Å². The molecule has 0 aromatic heterocycles. The maximum Gasteiger partial charge on any atom is 0.160 e. The predicted molar refractivity (Wildman–Crippen MR) is 66.7 cm³/mol. The second-order valence-corrected chi connectivity index (χ2v) is 5.22. The lowest BCUT2D eigenvalue weighted by atomic mass is 9.89. The van der Waals surface area contributed by atoms with Crippen LogP contribution in [0.15, 0.2) is 16.6 Å². The van der Waals surface area contributed by atoms with Crippen molar-refractivity contribution in [2.45, 2.75) is 31.2 Å². The Morgan fingerprint density at radius 2 is 2.00 bits per heavy atom. The number of hydrogen-bond donors (Lipinski definition) is 2. The molecule has 88 valence electrons. The lowest BCUT2D eigenvalue weighted by Gasteiger charge is -2.26. The van der Waals surface area contributed by atoms with Gasteiger partial charge in [-0.05, 0) is 30.5 Å². The third kappa shape index (κ3) is 1.92. The molecule has 1 aliphatic rings. The summed E-state index contributed by atoms with van der Waals surface area (Å²) in [7, 11) is 1.55. The number of rotatable bonds is 2. The first-order chi connectivity index (χ1) is 7.57. The van der Waals surface area contributed by atoms with Gasteiger partial charge in [-0.25, -0.2) is 0 Å². The van der Waals surface area contributed by atoms with Crippen LogP contribution in [0.4, 0.5) is 0 Å². The number of aromatic hydroxyl groups is 1. The first-order valence-corrected chi connectivity index (χ1v) is 6.22. The molecule has 1 fully saturated rings. The van der Waals surface area contributed by atoms with E-state index >= 15 is 0 Å². The molecule has 0 bridgehead atoms. The van der Waals surface area contributed by atoms with E-state index in [4.69, 9.17) is 10.5 Å². The molecule has 1 saturated carbocycles. The van der Waals surface area contributed by atoms with Crippen molar-refractivity contribution < 1.29 is 9.84 Å². The Kier molecular flexibility index (Phi) is 3.13. The normalized spacial score (nSPS) is 18.7. The van der Waals surface area contributed by atoms with Crippen molar-refractivity contribution in [2.75, 3.05) is 7.11 Å². The van der Waals surface area contributed by atoms with Crippen molar-refractivity contribution >= 4 is 15.9 Å². The van der Waals surface area contributed by atoms with E-state index in [0.29, 0.717) is 5.75 Å². The summed E-state index contributed by atoms with van der Waals surface area (Å²) in [6, 6.07) is 3.49. The summed E-state index contributed by atoms with van der Waals surface area (Å²) in [6.07, 6.45) is 4.29. The zero-order chi connectivity index (χ0) is 11.8. The molecule has 3 nitrogen and oxygen atoms in total. The van der Waals surface area contributed by atoms with Crippen molar-refractivity contribution in [3.63, 3.8) is 0 Å². The Morgan fingerprint density at radius 3 is 2.56 bits per heavy atom. The topological polar surface area (TPSA) is 55.5 Å². The van der Waals surface area contributed by atoms with E-state index in [1.54, 1.807) is 13.2 Å². The number of benzene rings is 1. The highest BCUT2D eigenvalue weighted by Crippen LogP contribution is 2.43. The molecule has 0 atom stereocenters. The molecule has 0 amide bonds. The molecule has 1 aromatic rings. The highest BCUT2D eigenvalue weighted by atomic mass is 79.9. The third-order valence-electron chi connectivity index (χ3n) is 3.30. The van der Waals surface area contributed by atoms with Crippen molar-refractivity contribution in [1.82, 2.24) is 0 Å². The van der Waals surface area contributed by atoms with Crippen LogP contribution in [0.2, 0.25) is 0 Å². The quantitative estimate of drug-likeness (QED) is 0.879. The van der Waals surface area contributed by atoms with Crippen LogP contribution in [0, 0.1) is 0 Å². The largest absolute Gasteiger partial charge is 0.504 e. The van der Waals surface area contributed by atoms with E-state index in [2.05, 4.69) is 15.9 Å². The van der Waals surface area contributed by atoms with Crippen LogP contribution >= 0.6 is 15.9 Å². The van der Waals surface area contributed by atoms with E-state index in [-0.39, 0.29) is 11.3 Å². The van der Waals surface area contributed by atoms with Gasteiger partial charge in [-0.1, -0.05) is 28.8 Å². The average Bonchev–Trinajstić information content (AvgIpc) is 2.66. The number of nitrogens with two attached hydrogens (primary N) is 1. The molecule has 0 saturated heterocycles. The molecule has 0 unspecified atom stereocenters. The molecule has 2 rings (SSSR count). The van der Waals surface area contributed by atoms with Crippen LogP contribution in [-0.4, -0.2) is 12.2 Å². The summed E-state index contributed by atoms with van der Waals surface area (Å²) in [4.78, 5) is 0. The van der Waals surface area contributed by atoms with Gasteiger partial charge in [0.2, 0.25) is 0 Å². The number of phenols is 1. The minimum Gasteiger partial charge on any atom is -0.504 e. The minimum atomic E-state index is -0.278. The van der Waals surface area contributed by atoms with E-state index in [0.717, 1.165) is 35.7 Å². The van der Waals surface area contributed by atoms with Gasteiger partial charge in [0.1, 0.15) is 0 Å². The molecule has 4 heteroatoms. The zero-order valence-corrected chi connectivity index (χ0v) is 10.9. The summed E-state index contributed by atoms with van der Waals surface area (Å²) in [5.41, 5.74) is 7.14. The second kappa shape index (κ2) is 4.26. The fraction of sp³-hybridized carbons (Fsp3) is 0.500. The molecule has 3 N–H and O–H groups in total. The van der Waals surface area contributed by atoms with Crippen molar-refractivity contribution in [1.29, 1.82) is 0 Å². The molecule has 0 spiro atoms. The smallest absolute Gasteiger partial charge is 0.160 e. The molecule has 16 heavy (non-hydrogen) atoms. The molecule has 1 aromatic carbocycles. The molecule has 1 aliphatic carbocycles. The van der Waals surface area contributed by atoms with E-state index < -0.39 is 0 Å². The number of phenolic OH excluding ortho intramolecular Hbond substituents is 1. The van der Waals surface area contributed by atoms with Crippen LogP contribution in [-0.2, 0) is 5.54 Å². The Balaban J connectivity index is 2.47. The maximum atomic E-state index is 9.65. The molecule has 0 radical (unpaired) electrons. The number of halogens is 1. The number of ether oxygens (including phenoxy) is 1. The fourth-order valence-electron chi connectivity index (χ4n) is 2.36. The number of hydrogen-bond acceptors (Lipinski definition) is 3. The van der Waals surface area contributed by atoms with Gasteiger partial charge in [0.05, 0.1) is 7.11 Å². The summed E-state index contributed by atoms with van der Waals surface area (Å²) in [6.45, 7) is 0. The summed E-state index contributed by atoms with van der Waals surface area (Å²) in [5.74, 6) is 0.620. The van der Waals surface area contributed by atoms with Gasteiger partial charge in [0.15, 0.2) is 11.5 Å². The van der Waals surface area contributed by atoms with Crippen molar-refractivity contribution in [3.8, 4) is 11.5 Å². The standard InChI is InChI=1S/C12H16BrNO2/c1-16-11-6-8(9(13)7-10(11)15)12(14)4-2-3-5-12/h6-7,15H,2-5,14H2,1H3. The highest BCUT2D eigenvalue weighted by Gasteiger charge is 2.33. The lowest BCUT2D eigenvalue weighted by Crippen LogP contribution is -2.33. The fourth-order valence-corrected chi connectivity index (χ4v) is 3.09. The second-order valence-electron chi connectivity index (χ2n) is 4.37. The zero-order valence-electron chi connectivity index (χ0n) is 9.29. The van der Waals surface area contributed by atoms with E-state index in [1.807, 2.05) is 6.07 Å². The molecular formula is C12H16BrNO2. The third-order valence-corrected chi connectivity index (χ3v) is 3.96. The van der Waals surface area contributed by atoms with Crippen LogP contribution < -0.4 is 10.5 Å². The van der Waals surface area contributed by atoms with Crippen LogP contribution in [0.3, 0.4) is 0 Å². The highest BCUT2D eigenvalue weighted by molar-refractivity contribution is 9.10. The minimum absolute atomic E-state index is 0.139. The molecule has 0 aliphatic heterocycles. The van der Waals surface area contributed by atoms with E-state index in [9.17, 15) is 5.11 Å². The van der Waals surface area contributed by atoms with Crippen LogP contribution in [0.25, 0.3) is 0 Å².